The second-order valence-corrected chi connectivity index (χ2v) is 4.53. The standard InChI is InChI=1S/C13H12Cl2N2/c1-8-5-3-4-6-9(8)12-10(14)7-11(15)13(16-2)17-12/h3-7H,1-2H3,(H,16,17). The predicted molar refractivity (Wildman–Crippen MR) is 74.0 cm³/mol. The van der Waals surface area contributed by atoms with E-state index in [9.17, 15) is 0 Å². The van der Waals surface area contributed by atoms with Crippen molar-refractivity contribution in [1.29, 1.82) is 0 Å². The number of anilines is 1. The van der Waals surface area contributed by atoms with E-state index in [1.165, 1.54) is 0 Å². The van der Waals surface area contributed by atoms with Gasteiger partial charge in [0.15, 0.2) is 0 Å². The van der Waals surface area contributed by atoms with Gasteiger partial charge in [0.2, 0.25) is 0 Å². The third-order valence-electron chi connectivity index (χ3n) is 2.57. The Bertz CT molecular complexity index is 553. The number of benzene rings is 1. The lowest BCUT2D eigenvalue weighted by Gasteiger charge is -2.10. The molecular weight excluding hydrogens is 255 g/mol. The molecule has 0 aliphatic carbocycles. The molecule has 0 amide bonds. The molecule has 0 unspecified atom stereocenters. The van der Waals surface area contributed by atoms with E-state index in [0.29, 0.717) is 15.9 Å². The number of aryl methyl sites for hydroxylation is 1. The zero-order valence-corrected chi connectivity index (χ0v) is 11.1. The summed E-state index contributed by atoms with van der Waals surface area (Å²) < 4.78 is 0. The van der Waals surface area contributed by atoms with Gasteiger partial charge in [-0.2, -0.15) is 0 Å². The van der Waals surface area contributed by atoms with Crippen molar-refractivity contribution < 1.29 is 0 Å². The summed E-state index contributed by atoms with van der Waals surface area (Å²) in [4.78, 5) is 4.45. The second-order valence-electron chi connectivity index (χ2n) is 3.71. The van der Waals surface area contributed by atoms with Gasteiger partial charge >= 0.3 is 0 Å². The number of aromatic nitrogens is 1. The van der Waals surface area contributed by atoms with Gasteiger partial charge in [-0.25, -0.2) is 4.98 Å². The molecule has 0 fully saturated rings. The largest absolute Gasteiger partial charge is 0.372 e. The molecule has 0 saturated heterocycles. The van der Waals surface area contributed by atoms with Gasteiger partial charge in [-0.1, -0.05) is 47.5 Å². The van der Waals surface area contributed by atoms with Crippen LogP contribution in [0.1, 0.15) is 5.56 Å². The highest BCUT2D eigenvalue weighted by Crippen LogP contribution is 2.33. The first kappa shape index (κ1) is 12.2. The summed E-state index contributed by atoms with van der Waals surface area (Å²) in [5, 5.41) is 4.03. The molecule has 0 bridgehead atoms. The molecule has 4 heteroatoms. The van der Waals surface area contributed by atoms with E-state index in [1.54, 1.807) is 13.1 Å². The molecule has 0 spiro atoms. The predicted octanol–water partition coefficient (Wildman–Crippen LogP) is 4.41. The van der Waals surface area contributed by atoms with Crippen molar-refractivity contribution in [2.45, 2.75) is 6.92 Å². The Morgan fingerprint density at radius 3 is 2.47 bits per heavy atom. The van der Waals surface area contributed by atoms with Crippen molar-refractivity contribution in [3.8, 4) is 11.3 Å². The fraction of sp³-hybridized carbons (Fsp3) is 0.154. The Kier molecular flexibility index (Phi) is 3.55. The van der Waals surface area contributed by atoms with Crippen LogP contribution in [-0.4, -0.2) is 12.0 Å². The first-order valence-corrected chi connectivity index (χ1v) is 5.99. The molecule has 2 aromatic rings. The van der Waals surface area contributed by atoms with Crippen LogP contribution in [0.15, 0.2) is 30.3 Å². The van der Waals surface area contributed by atoms with E-state index in [1.807, 2.05) is 31.2 Å². The molecule has 0 radical (unpaired) electrons. The highest BCUT2D eigenvalue weighted by Gasteiger charge is 2.11. The van der Waals surface area contributed by atoms with Crippen LogP contribution < -0.4 is 5.32 Å². The van der Waals surface area contributed by atoms with E-state index in [2.05, 4.69) is 10.3 Å². The number of nitrogens with zero attached hydrogens (tertiary/aromatic N) is 1. The molecule has 0 atom stereocenters. The van der Waals surface area contributed by atoms with Gasteiger partial charge in [-0.15, -0.1) is 0 Å². The van der Waals surface area contributed by atoms with Crippen LogP contribution >= 0.6 is 23.2 Å². The lowest BCUT2D eigenvalue weighted by molar-refractivity contribution is 1.27. The molecule has 1 N–H and O–H groups in total. The van der Waals surface area contributed by atoms with E-state index in [-0.39, 0.29) is 0 Å². The smallest absolute Gasteiger partial charge is 0.145 e. The van der Waals surface area contributed by atoms with Gasteiger partial charge in [0.25, 0.3) is 0 Å². The average molecular weight is 267 g/mol. The van der Waals surface area contributed by atoms with Crippen LogP contribution in [0, 0.1) is 6.92 Å². The van der Waals surface area contributed by atoms with Gasteiger partial charge in [0.05, 0.1) is 15.7 Å². The van der Waals surface area contributed by atoms with Gasteiger partial charge in [-0.05, 0) is 18.6 Å². The van der Waals surface area contributed by atoms with Gasteiger partial charge in [0, 0.05) is 12.6 Å². The number of nitrogens with one attached hydrogen (secondary N) is 1. The normalized spacial score (nSPS) is 10.4. The Morgan fingerprint density at radius 2 is 1.82 bits per heavy atom. The van der Waals surface area contributed by atoms with E-state index < -0.39 is 0 Å². The van der Waals surface area contributed by atoms with Crippen LogP contribution in [0.5, 0.6) is 0 Å². The number of pyridine rings is 1. The summed E-state index contributed by atoms with van der Waals surface area (Å²) in [5.74, 6) is 0.634. The minimum absolute atomic E-state index is 0.523. The minimum atomic E-state index is 0.523. The van der Waals surface area contributed by atoms with Crippen LogP contribution in [0.2, 0.25) is 10.0 Å². The van der Waals surface area contributed by atoms with Crippen molar-refractivity contribution in [2.24, 2.45) is 0 Å². The lowest BCUT2D eigenvalue weighted by Crippen LogP contribution is -1.96. The molecule has 0 aliphatic rings. The Hall–Kier alpha value is -1.25. The summed E-state index contributed by atoms with van der Waals surface area (Å²) in [5.41, 5.74) is 2.90. The Labute approximate surface area is 111 Å². The Morgan fingerprint density at radius 1 is 1.12 bits per heavy atom. The zero-order chi connectivity index (χ0) is 12.4. The van der Waals surface area contributed by atoms with E-state index in [0.717, 1.165) is 16.8 Å². The number of halogens is 2. The lowest BCUT2D eigenvalue weighted by atomic mass is 10.1. The minimum Gasteiger partial charge on any atom is -0.372 e. The Balaban J connectivity index is 2.64. The molecule has 0 aliphatic heterocycles. The molecule has 1 heterocycles. The van der Waals surface area contributed by atoms with Crippen molar-refractivity contribution in [1.82, 2.24) is 4.98 Å². The van der Waals surface area contributed by atoms with Crippen LogP contribution in [0.4, 0.5) is 5.82 Å². The van der Waals surface area contributed by atoms with E-state index >= 15 is 0 Å². The van der Waals surface area contributed by atoms with Gasteiger partial charge in [0.1, 0.15) is 5.82 Å². The maximum Gasteiger partial charge on any atom is 0.145 e. The summed E-state index contributed by atoms with van der Waals surface area (Å²) in [6.07, 6.45) is 0. The number of hydrogen-bond donors (Lipinski definition) is 1. The SMILES string of the molecule is CNc1nc(-c2ccccc2C)c(Cl)cc1Cl. The molecule has 1 aromatic carbocycles. The van der Waals surface area contributed by atoms with Crippen LogP contribution in [-0.2, 0) is 0 Å². The van der Waals surface area contributed by atoms with Crippen molar-refractivity contribution in [3.05, 3.63) is 45.9 Å². The van der Waals surface area contributed by atoms with Crippen LogP contribution in [0.25, 0.3) is 11.3 Å². The summed E-state index contributed by atoms with van der Waals surface area (Å²) >= 11 is 12.2. The topological polar surface area (TPSA) is 24.9 Å². The molecule has 2 rings (SSSR count). The third-order valence-corrected chi connectivity index (χ3v) is 3.14. The molecule has 2 nitrogen and oxygen atoms in total. The molecule has 0 saturated carbocycles. The summed E-state index contributed by atoms with van der Waals surface area (Å²) in [6.45, 7) is 2.03. The van der Waals surface area contributed by atoms with Gasteiger partial charge < -0.3 is 5.32 Å². The molecule has 88 valence electrons. The molecular formula is C13H12Cl2N2. The quantitative estimate of drug-likeness (QED) is 0.871. The van der Waals surface area contributed by atoms with Crippen molar-refractivity contribution in [3.63, 3.8) is 0 Å². The highest BCUT2D eigenvalue weighted by molar-refractivity contribution is 6.37. The number of rotatable bonds is 2. The molecule has 1 aromatic heterocycles. The maximum absolute atomic E-state index is 6.19. The van der Waals surface area contributed by atoms with Crippen molar-refractivity contribution >= 4 is 29.0 Å². The first-order valence-electron chi connectivity index (χ1n) is 5.23. The maximum atomic E-state index is 6.19. The van der Waals surface area contributed by atoms with E-state index in [4.69, 9.17) is 23.2 Å². The fourth-order valence-corrected chi connectivity index (χ4v) is 2.22. The molecule has 17 heavy (non-hydrogen) atoms. The first-order chi connectivity index (χ1) is 8.13. The summed E-state index contributed by atoms with van der Waals surface area (Å²) in [6, 6.07) is 9.69. The second kappa shape index (κ2) is 4.94. The van der Waals surface area contributed by atoms with Crippen LogP contribution in [0.3, 0.4) is 0 Å². The third kappa shape index (κ3) is 2.38. The van der Waals surface area contributed by atoms with Crippen molar-refractivity contribution in [2.75, 3.05) is 12.4 Å². The highest BCUT2D eigenvalue weighted by atomic mass is 35.5. The fourth-order valence-electron chi connectivity index (χ4n) is 1.67. The summed E-state index contributed by atoms with van der Waals surface area (Å²) in [7, 11) is 1.78. The number of hydrogen-bond acceptors (Lipinski definition) is 2. The monoisotopic (exact) mass is 266 g/mol. The van der Waals surface area contributed by atoms with Gasteiger partial charge in [-0.3, -0.25) is 0 Å². The zero-order valence-electron chi connectivity index (χ0n) is 9.59. The average Bonchev–Trinajstić information content (AvgIpc) is 2.31.